The molecule has 1 aromatic heterocycles. The fourth-order valence-corrected chi connectivity index (χ4v) is 4.54. The molecule has 0 unspecified atom stereocenters. The highest BCUT2D eigenvalue weighted by molar-refractivity contribution is 5.82. The average molecular weight is 449 g/mol. The number of benzene rings is 2. The molecule has 2 aromatic carbocycles. The zero-order chi connectivity index (χ0) is 23.4. The van der Waals surface area contributed by atoms with E-state index in [0.717, 1.165) is 29.6 Å². The van der Waals surface area contributed by atoms with Crippen LogP contribution >= 0.6 is 0 Å². The summed E-state index contributed by atoms with van der Waals surface area (Å²) in [5.41, 5.74) is 3.87. The van der Waals surface area contributed by atoms with Gasteiger partial charge in [0.05, 0.1) is 7.11 Å². The number of aryl methyl sites for hydroxylation is 1. The van der Waals surface area contributed by atoms with Crippen molar-refractivity contribution in [3.63, 3.8) is 0 Å². The summed E-state index contributed by atoms with van der Waals surface area (Å²) in [6.45, 7) is 4.68. The van der Waals surface area contributed by atoms with Crippen molar-refractivity contribution >= 4 is 22.6 Å². The minimum atomic E-state index is -0.392. The van der Waals surface area contributed by atoms with E-state index in [0.29, 0.717) is 29.9 Å². The number of fused-ring (bicyclic) bond motifs is 1. The molecule has 6 nitrogen and oxygen atoms in total. The molecule has 33 heavy (non-hydrogen) atoms. The molecule has 0 saturated carbocycles. The van der Waals surface area contributed by atoms with Crippen molar-refractivity contribution in [2.75, 3.05) is 32.1 Å². The van der Waals surface area contributed by atoms with E-state index in [1.165, 1.54) is 24.9 Å². The quantitative estimate of drug-likeness (QED) is 0.491. The number of hydrogen-bond acceptors (Lipinski definition) is 5. The van der Waals surface area contributed by atoms with E-state index >= 15 is 0 Å². The molecule has 1 aliphatic heterocycles. The summed E-state index contributed by atoms with van der Waals surface area (Å²) in [5.74, 6) is 0.641. The summed E-state index contributed by atoms with van der Waals surface area (Å²) >= 11 is 0. The molecule has 0 spiro atoms. The maximum absolute atomic E-state index is 12.8. The summed E-state index contributed by atoms with van der Waals surface area (Å²) in [4.78, 5) is 29.5. The van der Waals surface area contributed by atoms with E-state index in [1.54, 1.807) is 18.1 Å². The van der Waals surface area contributed by atoms with Crippen LogP contribution in [0.25, 0.3) is 11.0 Å². The van der Waals surface area contributed by atoms with Crippen molar-refractivity contribution in [2.24, 2.45) is 0 Å². The van der Waals surface area contributed by atoms with E-state index in [2.05, 4.69) is 29.2 Å². The number of hydrogen-bond donors (Lipinski definition) is 0. The lowest BCUT2D eigenvalue weighted by Gasteiger charge is -2.29. The summed E-state index contributed by atoms with van der Waals surface area (Å²) in [7, 11) is 3.38. The SMILES string of the molecule is COc1ccc2c(C)c(CCC(=O)N(C)Cc3ccc(N4CCCCC4)cc3)c(=O)oc2c1. The Balaban J connectivity index is 1.38. The van der Waals surface area contributed by atoms with Gasteiger partial charge in [0.25, 0.3) is 0 Å². The molecular formula is C27H32N2O4. The minimum absolute atomic E-state index is 0.00346. The number of rotatable bonds is 7. The lowest BCUT2D eigenvalue weighted by molar-refractivity contribution is -0.130. The molecule has 0 radical (unpaired) electrons. The second kappa shape index (κ2) is 10.1. The molecule has 174 valence electrons. The lowest BCUT2D eigenvalue weighted by atomic mass is 10.0. The van der Waals surface area contributed by atoms with Gasteiger partial charge in [0.1, 0.15) is 11.3 Å². The number of methoxy groups -OCH3 is 1. The highest BCUT2D eigenvalue weighted by Gasteiger charge is 2.16. The average Bonchev–Trinajstić information content (AvgIpc) is 2.84. The highest BCUT2D eigenvalue weighted by Crippen LogP contribution is 2.25. The molecule has 0 aliphatic carbocycles. The van der Waals surface area contributed by atoms with Crippen molar-refractivity contribution in [1.82, 2.24) is 4.90 Å². The topological polar surface area (TPSA) is 63.0 Å². The van der Waals surface area contributed by atoms with Crippen molar-refractivity contribution in [3.8, 4) is 5.75 Å². The smallest absolute Gasteiger partial charge is 0.339 e. The molecule has 0 bridgehead atoms. The van der Waals surface area contributed by atoms with Gasteiger partial charge in [0.15, 0.2) is 0 Å². The summed E-state index contributed by atoms with van der Waals surface area (Å²) in [6.07, 6.45) is 4.43. The van der Waals surface area contributed by atoms with Gasteiger partial charge in [-0.2, -0.15) is 0 Å². The van der Waals surface area contributed by atoms with Gasteiger partial charge < -0.3 is 19.0 Å². The molecule has 1 fully saturated rings. The van der Waals surface area contributed by atoms with E-state index in [4.69, 9.17) is 9.15 Å². The molecular weight excluding hydrogens is 416 g/mol. The van der Waals surface area contributed by atoms with Gasteiger partial charge in [-0.25, -0.2) is 4.79 Å². The first-order chi connectivity index (χ1) is 16.0. The zero-order valence-electron chi connectivity index (χ0n) is 19.7. The molecule has 1 aliphatic rings. The minimum Gasteiger partial charge on any atom is -0.497 e. The zero-order valence-corrected chi connectivity index (χ0v) is 19.7. The Labute approximate surface area is 194 Å². The van der Waals surface area contributed by atoms with Crippen molar-refractivity contribution in [1.29, 1.82) is 0 Å². The second-order valence-electron chi connectivity index (χ2n) is 8.82. The van der Waals surface area contributed by atoms with Gasteiger partial charge in [-0.15, -0.1) is 0 Å². The Morgan fingerprint density at radius 3 is 2.52 bits per heavy atom. The van der Waals surface area contributed by atoms with Crippen LogP contribution in [0.4, 0.5) is 5.69 Å². The normalized spacial score (nSPS) is 13.8. The van der Waals surface area contributed by atoms with E-state index < -0.39 is 5.63 Å². The fourth-order valence-electron chi connectivity index (χ4n) is 4.54. The van der Waals surface area contributed by atoms with Crippen LogP contribution in [-0.2, 0) is 17.8 Å². The number of anilines is 1. The molecule has 0 atom stereocenters. The van der Waals surface area contributed by atoms with Gasteiger partial charge >= 0.3 is 5.63 Å². The summed E-state index contributed by atoms with van der Waals surface area (Å²) < 4.78 is 10.7. The van der Waals surface area contributed by atoms with Gasteiger partial charge in [-0.1, -0.05) is 12.1 Å². The molecule has 1 amide bonds. The van der Waals surface area contributed by atoms with Gasteiger partial charge in [0, 0.05) is 55.8 Å². The van der Waals surface area contributed by atoms with Crippen LogP contribution in [0.2, 0.25) is 0 Å². The number of carbonyl (C=O) groups is 1. The van der Waals surface area contributed by atoms with Gasteiger partial charge in [-0.3, -0.25) is 4.79 Å². The monoisotopic (exact) mass is 448 g/mol. The Morgan fingerprint density at radius 1 is 1.09 bits per heavy atom. The first-order valence-electron chi connectivity index (χ1n) is 11.6. The molecule has 6 heteroatoms. The largest absolute Gasteiger partial charge is 0.497 e. The number of piperidine rings is 1. The Morgan fingerprint density at radius 2 is 1.82 bits per heavy atom. The molecule has 4 rings (SSSR count). The van der Waals surface area contributed by atoms with Gasteiger partial charge in [0.2, 0.25) is 5.91 Å². The van der Waals surface area contributed by atoms with E-state index in [-0.39, 0.29) is 12.3 Å². The van der Waals surface area contributed by atoms with E-state index in [9.17, 15) is 9.59 Å². The molecule has 0 N–H and O–H groups in total. The molecule has 3 aromatic rings. The predicted octanol–water partition coefficient (Wildman–Crippen LogP) is 4.69. The Hall–Kier alpha value is -3.28. The maximum atomic E-state index is 12.8. The van der Waals surface area contributed by atoms with Crippen LogP contribution in [0.15, 0.2) is 51.7 Å². The van der Waals surface area contributed by atoms with Crippen LogP contribution < -0.4 is 15.3 Å². The number of carbonyl (C=O) groups excluding carboxylic acids is 1. The van der Waals surface area contributed by atoms with Crippen LogP contribution in [0.3, 0.4) is 0 Å². The number of amides is 1. The summed E-state index contributed by atoms with van der Waals surface area (Å²) in [5, 5.41) is 0.861. The van der Waals surface area contributed by atoms with Crippen LogP contribution in [0, 0.1) is 6.92 Å². The number of ether oxygens (including phenoxy) is 1. The van der Waals surface area contributed by atoms with Crippen LogP contribution in [0.5, 0.6) is 5.75 Å². The van der Waals surface area contributed by atoms with Crippen molar-refractivity contribution < 1.29 is 13.9 Å². The third-order valence-corrected chi connectivity index (χ3v) is 6.59. The molecule has 2 heterocycles. The second-order valence-corrected chi connectivity index (χ2v) is 8.82. The first-order valence-corrected chi connectivity index (χ1v) is 11.6. The predicted molar refractivity (Wildman–Crippen MR) is 131 cm³/mol. The van der Waals surface area contributed by atoms with E-state index in [1.807, 2.05) is 26.1 Å². The van der Waals surface area contributed by atoms with Crippen LogP contribution in [0.1, 0.15) is 42.4 Å². The third-order valence-electron chi connectivity index (χ3n) is 6.59. The molecule has 1 saturated heterocycles. The Bertz CT molecular complexity index is 1180. The summed E-state index contributed by atoms with van der Waals surface area (Å²) in [6, 6.07) is 13.9. The maximum Gasteiger partial charge on any atom is 0.339 e. The van der Waals surface area contributed by atoms with Crippen molar-refractivity contribution in [3.05, 3.63) is 69.6 Å². The fraction of sp³-hybridized carbons (Fsp3) is 0.407. The Kier molecular flexibility index (Phi) is 7.02. The van der Waals surface area contributed by atoms with Crippen molar-refractivity contribution in [2.45, 2.75) is 45.6 Å². The first kappa shape index (κ1) is 22.9. The number of nitrogens with zero attached hydrogens (tertiary/aromatic N) is 2. The standard InChI is InChI=1S/C27H32N2O4/c1-19-23-12-11-22(32-3)17-25(23)33-27(31)24(19)13-14-26(30)28(2)18-20-7-9-21(10-8-20)29-15-5-4-6-16-29/h7-12,17H,4-6,13-16,18H2,1-3H3. The lowest BCUT2D eigenvalue weighted by Crippen LogP contribution is -2.29. The third kappa shape index (κ3) is 5.21. The highest BCUT2D eigenvalue weighted by atomic mass is 16.5. The van der Waals surface area contributed by atoms with Crippen LogP contribution in [-0.4, -0.2) is 38.1 Å². The van der Waals surface area contributed by atoms with Gasteiger partial charge in [-0.05, 0) is 68.0 Å².